The van der Waals surface area contributed by atoms with Crippen LogP contribution in [0.25, 0.3) is 0 Å². The van der Waals surface area contributed by atoms with Gasteiger partial charge in [0.15, 0.2) is 0 Å². The molecule has 0 saturated carbocycles. The molecule has 0 radical (unpaired) electrons. The summed E-state index contributed by atoms with van der Waals surface area (Å²) >= 11 is 0. The smallest absolute Gasteiger partial charge is 0.274 e. The minimum absolute atomic E-state index is 0. The van der Waals surface area contributed by atoms with Crippen molar-refractivity contribution in [1.82, 2.24) is 20.0 Å². The molecule has 0 aliphatic carbocycles. The Bertz CT molecular complexity index is 684. The molecule has 1 unspecified atom stereocenters. The van der Waals surface area contributed by atoms with Crippen molar-refractivity contribution in [3.05, 3.63) is 48.3 Å². The first kappa shape index (κ1) is 20.3. The largest absolute Gasteiger partial charge is 0.373 e. The van der Waals surface area contributed by atoms with Crippen molar-refractivity contribution >= 4 is 24.0 Å². The van der Waals surface area contributed by atoms with Crippen LogP contribution < -0.4 is 10.2 Å². The molecule has 0 bridgehead atoms. The Morgan fingerprint density at radius 1 is 1.23 bits per heavy atom. The highest BCUT2D eigenvalue weighted by Gasteiger charge is 2.19. The molecule has 0 spiro atoms. The van der Waals surface area contributed by atoms with Gasteiger partial charge in [0.25, 0.3) is 5.91 Å². The number of rotatable bonds is 6. The molecule has 1 fully saturated rings. The molecule has 3 rings (SSSR count). The number of amides is 1. The molecule has 1 atom stereocenters. The van der Waals surface area contributed by atoms with Crippen molar-refractivity contribution in [2.45, 2.75) is 18.9 Å². The van der Waals surface area contributed by atoms with Crippen LogP contribution in [0.15, 0.2) is 42.6 Å². The highest BCUT2D eigenvalue weighted by Crippen LogP contribution is 2.16. The van der Waals surface area contributed by atoms with Crippen LogP contribution in [0.3, 0.4) is 0 Å². The summed E-state index contributed by atoms with van der Waals surface area (Å²) in [7, 11) is 3.88. The van der Waals surface area contributed by atoms with Gasteiger partial charge in [-0.3, -0.25) is 9.48 Å². The Morgan fingerprint density at radius 2 is 2.00 bits per heavy atom. The highest BCUT2D eigenvalue weighted by atomic mass is 35.5. The van der Waals surface area contributed by atoms with E-state index in [1.54, 1.807) is 4.90 Å². The first-order valence-electron chi connectivity index (χ1n) is 8.92. The Hall–Kier alpha value is -2.05. The molecule has 142 valence electrons. The predicted molar refractivity (Wildman–Crippen MR) is 107 cm³/mol. The van der Waals surface area contributed by atoms with Gasteiger partial charge in [-0.25, -0.2) is 0 Å². The zero-order valence-corrected chi connectivity index (χ0v) is 16.3. The minimum Gasteiger partial charge on any atom is -0.373 e. The third kappa shape index (κ3) is 4.99. The molecule has 1 saturated heterocycles. The van der Waals surface area contributed by atoms with Gasteiger partial charge >= 0.3 is 0 Å². The lowest BCUT2D eigenvalue weighted by atomic mass is 10.1. The molecule has 1 aliphatic rings. The summed E-state index contributed by atoms with van der Waals surface area (Å²) in [4.78, 5) is 16.5. The van der Waals surface area contributed by atoms with E-state index in [1.807, 2.05) is 49.2 Å². The molecule has 1 aromatic carbocycles. The Balaban J connectivity index is 0.00000243. The number of carbonyl (C=O) groups excluding carboxylic acids is 1. The molecule has 1 amide bonds. The van der Waals surface area contributed by atoms with Gasteiger partial charge in [0.05, 0.1) is 6.04 Å². The molecular formula is C19H28ClN5O. The van der Waals surface area contributed by atoms with Crippen molar-refractivity contribution in [1.29, 1.82) is 0 Å². The molecule has 2 heterocycles. The third-order valence-corrected chi connectivity index (χ3v) is 4.79. The first-order valence-corrected chi connectivity index (χ1v) is 8.92. The van der Waals surface area contributed by atoms with Crippen LogP contribution in [-0.4, -0.2) is 60.9 Å². The Morgan fingerprint density at radius 3 is 2.69 bits per heavy atom. The number of likely N-dealkylation sites (N-methyl/N-ethyl adjacent to an activating group) is 2. The summed E-state index contributed by atoms with van der Waals surface area (Å²) in [6.07, 6.45) is 4.19. The number of benzene rings is 1. The lowest BCUT2D eigenvalue weighted by Gasteiger charge is -2.24. The van der Waals surface area contributed by atoms with E-state index in [0.717, 1.165) is 38.2 Å². The molecule has 1 aromatic heterocycles. The van der Waals surface area contributed by atoms with Crippen molar-refractivity contribution in [2.24, 2.45) is 0 Å². The summed E-state index contributed by atoms with van der Waals surface area (Å²) in [5, 5.41) is 7.89. The van der Waals surface area contributed by atoms with Gasteiger partial charge in [0.1, 0.15) is 5.69 Å². The van der Waals surface area contributed by atoms with E-state index in [9.17, 15) is 4.79 Å². The second-order valence-electron chi connectivity index (χ2n) is 6.66. The molecule has 6 nitrogen and oxygen atoms in total. The van der Waals surface area contributed by atoms with Crippen LogP contribution in [-0.2, 0) is 0 Å². The van der Waals surface area contributed by atoms with E-state index >= 15 is 0 Å². The number of hydrogen-bond acceptors (Lipinski definition) is 4. The van der Waals surface area contributed by atoms with E-state index in [-0.39, 0.29) is 18.3 Å². The van der Waals surface area contributed by atoms with Crippen LogP contribution in [0.5, 0.6) is 0 Å². The molecule has 1 aliphatic heterocycles. The number of nitrogens with one attached hydrogen (secondary N) is 1. The quantitative estimate of drug-likeness (QED) is 0.840. The summed E-state index contributed by atoms with van der Waals surface area (Å²) in [6, 6.07) is 12.4. The van der Waals surface area contributed by atoms with E-state index in [0.29, 0.717) is 18.3 Å². The summed E-state index contributed by atoms with van der Waals surface area (Å²) in [5.41, 5.74) is 1.67. The van der Waals surface area contributed by atoms with Gasteiger partial charge in [0, 0.05) is 45.6 Å². The maximum Gasteiger partial charge on any atom is 0.274 e. The summed E-state index contributed by atoms with van der Waals surface area (Å²) < 4.78 is 1.93. The van der Waals surface area contributed by atoms with Crippen LogP contribution in [0, 0.1) is 0 Å². The van der Waals surface area contributed by atoms with Gasteiger partial charge in [-0.1, -0.05) is 18.2 Å². The Labute approximate surface area is 161 Å². The van der Waals surface area contributed by atoms with Crippen molar-refractivity contribution in [2.75, 3.05) is 45.2 Å². The van der Waals surface area contributed by atoms with Gasteiger partial charge < -0.3 is 15.1 Å². The second-order valence-corrected chi connectivity index (χ2v) is 6.66. The number of carbonyl (C=O) groups is 1. The zero-order chi connectivity index (χ0) is 17.6. The average Bonchev–Trinajstić information content (AvgIpc) is 3.16. The van der Waals surface area contributed by atoms with Crippen molar-refractivity contribution in [3.63, 3.8) is 0 Å². The number of halogens is 1. The summed E-state index contributed by atoms with van der Waals surface area (Å²) in [6.45, 7) is 3.43. The molecular weight excluding hydrogens is 350 g/mol. The fraction of sp³-hybridized carbons (Fsp3) is 0.474. The maximum atomic E-state index is 12.6. The number of nitrogens with zero attached hydrogens (tertiary/aromatic N) is 4. The van der Waals surface area contributed by atoms with Gasteiger partial charge in [0.2, 0.25) is 0 Å². The fourth-order valence-electron chi connectivity index (χ4n) is 3.12. The van der Waals surface area contributed by atoms with E-state index in [1.165, 1.54) is 0 Å². The monoisotopic (exact) mass is 377 g/mol. The van der Waals surface area contributed by atoms with E-state index in [4.69, 9.17) is 0 Å². The standard InChI is InChI=1S/C19H27N5O.ClH/c1-22(16-7-4-3-5-8-16)13-14-23(2)19(25)18-10-12-24(21-18)17-9-6-11-20-15-17;/h3-5,7-8,10,12,17,20H,6,9,11,13-15H2,1-2H3;1H. The van der Waals surface area contributed by atoms with Crippen LogP contribution in [0.4, 0.5) is 5.69 Å². The van der Waals surface area contributed by atoms with E-state index < -0.39 is 0 Å². The summed E-state index contributed by atoms with van der Waals surface area (Å²) in [5.74, 6) is -0.0241. The zero-order valence-electron chi connectivity index (χ0n) is 15.5. The molecule has 1 N–H and O–H groups in total. The number of piperidine rings is 1. The Kier molecular flexibility index (Phi) is 7.48. The van der Waals surface area contributed by atoms with E-state index in [2.05, 4.69) is 27.4 Å². The van der Waals surface area contributed by atoms with Crippen molar-refractivity contribution in [3.8, 4) is 0 Å². The predicted octanol–water partition coefficient (Wildman–Crippen LogP) is 2.44. The number of hydrogen-bond donors (Lipinski definition) is 1. The highest BCUT2D eigenvalue weighted by molar-refractivity contribution is 5.92. The second kappa shape index (κ2) is 9.59. The first-order chi connectivity index (χ1) is 12.1. The molecule has 2 aromatic rings. The number of para-hydroxylation sites is 1. The van der Waals surface area contributed by atoms with Crippen LogP contribution in [0.1, 0.15) is 29.4 Å². The normalized spacial score (nSPS) is 16.6. The van der Waals surface area contributed by atoms with Crippen LogP contribution >= 0.6 is 12.4 Å². The lowest BCUT2D eigenvalue weighted by molar-refractivity contribution is 0.0791. The van der Waals surface area contributed by atoms with Crippen molar-refractivity contribution < 1.29 is 4.79 Å². The van der Waals surface area contributed by atoms with Gasteiger partial charge in [-0.05, 0) is 37.6 Å². The molecule has 26 heavy (non-hydrogen) atoms. The fourth-order valence-corrected chi connectivity index (χ4v) is 3.12. The SMILES string of the molecule is CN(CCN(C)c1ccccc1)C(=O)c1ccn(C2CCCNC2)n1.Cl. The topological polar surface area (TPSA) is 53.4 Å². The minimum atomic E-state index is -0.0241. The number of aromatic nitrogens is 2. The number of anilines is 1. The lowest BCUT2D eigenvalue weighted by Crippen LogP contribution is -2.35. The average molecular weight is 378 g/mol. The molecule has 7 heteroatoms. The van der Waals surface area contributed by atoms with Gasteiger partial charge in [-0.15, -0.1) is 12.4 Å². The third-order valence-electron chi connectivity index (χ3n) is 4.79. The van der Waals surface area contributed by atoms with Gasteiger partial charge in [-0.2, -0.15) is 5.10 Å². The maximum absolute atomic E-state index is 12.6. The van der Waals surface area contributed by atoms with Crippen LogP contribution in [0.2, 0.25) is 0 Å².